The second-order valence-corrected chi connectivity index (χ2v) is 11.3. The van der Waals surface area contributed by atoms with Crippen molar-refractivity contribution in [1.29, 1.82) is 0 Å². The van der Waals surface area contributed by atoms with Crippen LogP contribution in [0.2, 0.25) is 0 Å². The molecule has 3 heteroatoms. The summed E-state index contributed by atoms with van der Waals surface area (Å²) in [6.45, 7) is 3.47. The lowest BCUT2D eigenvalue weighted by Crippen LogP contribution is -2.02. The summed E-state index contributed by atoms with van der Waals surface area (Å²) in [5, 5.41) is 9.49. The molecule has 206 valence electrons. The molecule has 0 fully saturated rings. The Balaban J connectivity index is 1.41. The lowest BCUT2D eigenvalue weighted by atomic mass is 9.86. The molecule has 0 aliphatic carbocycles. The van der Waals surface area contributed by atoms with Crippen molar-refractivity contribution in [2.75, 3.05) is 7.11 Å². The van der Waals surface area contributed by atoms with Crippen LogP contribution in [0.25, 0.3) is 76.5 Å². The summed E-state index contributed by atoms with van der Waals surface area (Å²) in [4.78, 5) is 12.8. The van der Waals surface area contributed by atoms with Crippen molar-refractivity contribution >= 4 is 65.5 Å². The fraction of sp³-hybridized carbons (Fsp3) is 0.0750. The minimum atomic E-state index is -0.00181. The molecule has 0 amide bonds. The van der Waals surface area contributed by atoms with E-state index in [1.807, 2.05) is 6.92 Å². The molecular formula is C40H29NO2. The van der Waals surface area contributed by atoms with Gasteiger partial charge in [-0.15, -0.1) is 0 Å². The van der Waals surface area contributed by atoms with Crippen molar-refractivity contribution in [2.45, 2.75) is 13.8 Å². The van der Waals surface area contributed by atoms with E-state index in [-0.39, 0.29) is 5.78 Å². The van der Waals surface area contributed by atoms with Crippen molar-refractivity contribution in [1.82, 2.24) is 4.57 Å². The molecule has 3 nitrogen and oxygen atoms in total. The molecule has 0 saturated carbocycles. The van der Waals surface area contributed by atoms with Gasteiger partial charge in [-0.3, -0.25) is 4.79 Å². The fourth-order valence-corrected chi connectivity index (χ4v) is 7.00. The largest absolute Gasteiger partial charge is 0.501 e. The number of ether oxygens (including phenoxy) is 1. The summed E-state index contributed by atoms with van der Waals surface area (Å²) in [6, 6.07) is 43.5. The van der Waals surface area contributed by atoms with E-state index in [9.17, 15) is 4.79 Å². The Labute approximate surface area is 249 Å². The standard InChI is InChI=1S/C40H29NO2/c1-24(42)38(25(2)43-3)33-20-15-27-14-19-32-30(18-13-26-16-21-34(33)40(27)39(26)32)28-17-22-37-35(23-28)31-11-7-8-12-36(31)41(37)29-9-5-4-6-10-29/h4-23H,1-3H3/b38-25+. The van der Waals surface area contributed by atoms with Crippen molar-refractivity contribution < 1.29 is 9.53 Å². The number of benzene rings is 7. The van der Waals surface area contributed by atoms with Gasteiger partial charge in [0.2, 0.25) is 0 Å². The van der Waals surface area contributed by atoms with E-state index in [4.69, 9.17) is 4.74 Å². The summed E-state index contributed by atoms with van der Waals surface area (Å²) in [7, 11) is 1.62. The van der Waals surface area contributed by atoms with Gasteiger partial charge in [-0.1, -0.05) is 91.0 Å². The van der Waals surface area contributed by atoms with Crippen LogP contribution in [0.5, 0.6) is 0 Å². The van der Waals surface area contributed by atoms with E-state index < -0.39 is 0 Å². The molecule has 1 heterocycles. The normalized spacial score (nSPS) is 12.5. The maximum absolute atomic E-state index is 12.8. The highest BCUT2D eigenvalue weighted by atomic mass is 16.5. The Morgan fingerprint density at radius 2 is 1.26 bits per heavy atom. The molecule has 0 aliphatic heterocycles. The average molecular weight is 556 g/mol. The number of carbonyl (C=O) groups excluding carboxylic acids is 1. The summed E-state index contributed by atoms with van der Waals surface area (Å²) in [6.07, 6.45) is 0. The van der Waals surface area contributed by atoms with Gasteiger partial charge >= 0.3 is 0 Å². The van der Waals surface area contributed by atoms with Gasteiger partial charge in [0.1, 0.15) is 5.76 Å². The van der Waals surface area contributed by atoms with Crippen molar-refractivity contribution in [2.24, 2.45) is 0 Å². The highest BCUT2D eigenvalue weighted by Crippen LogP contribution is 2.43. The van der Waals surface area contributed by atoms with Crippen LogP contribution in [0.3, 0.4) is 0 Å². The summed E-state index contributed by atoms with van der Waals surface area (Å²) in [5.74, 6) is 0.629. The maximum atomic E-state index is 12.8. The first-order chi connectivity index (χ1) is 21.0. The number of hydrogen-bond acceptors (Lipinski definition) is 2. The minimum absolute atomic E-state index is 0.00181. The first-order valence-corrected chi connectivity index (χ1v) is 14.6. The molecule has 8 aromatic rings. The average Bonchev–Trinajstić information content (AvgIpc) is 3.38. The van der Waals surface area contributed by atoms with E-state index in [2.05, 4.69) is 126 Å². The zero-order valence-corrected chi connectivity index (χ0v) is 24.3. The van der Waals surface area contributed by atoms with Crippen LogP contribution < -0.4 is 0 Å². The first kappa shape index (κ1) is 25.3. The van der Waals surface area contributed by atoms with Crippen LogP contribution in [0.1, 0.15) is 19.4 Å². The lowest BCUT2D eigenvalue weighted by Gasteiger charge is -2.18. The molecule has 0 radical (unpaired) electrons. The van der Waals surface area contributed by atoms with Gasteiger partial charge < -0.3 is 9.30 Å². The number of carbonyl (C=O) groups is 1. The van der Waals surface area contributed by atoms with Crippen LogP contribution in [0, 0.1) is 0 Å². The Morgan fingerprint density at radius 3 is 2.02 bits per heavy atom. The van der Waals surface area contributed by atoms with Gasteiger partial charge in [0.05, 0.1) is 23.7 Å². The number of methoxy groups -OCH3 is 1. The highest BCUT2D eigenvalue weighted by molar-refractivity contribution is 6.30. The minimum Gasteiger partial charge on any atom is -0.501 e. The SMILES string of the molecule is CO/C(C)=C(\C(C)=O)c1ccc2ccc3c(-c4ccc5c(c4)c4ccccc4n5-c4ccccc4)ccc4ccc1c2c43. The molecule has 0 spiro atoms. The van der Waals surface area contributed by atoms with E-state index in [0.717, 1.165) is 22.0 Å². The van der Waals surface area contributed by atoms with Gasteiger partial charge in [0.25, 0.3) is 0 Å². The van der Waals surface area contributed by atoms with E-state index in [1.165, 1.54) is 54.5 Å². The first-order valence-electron chi connectivity index (χ1n) is 14.6. The number of Topliss-reactive ketones (excluding diaryl/α,β-unsaturated/α-hetero) is 1. The van der Waals surface area contributed by atoms with E-state index in [1.54, 1.807) is 14.0 Å². The van der Waals surface area contributed by atoms with E-state index >= 15 is 0 Å². The third kappa shape index (κ3) is 3.71. The Hall–Kier alpha value is -5.41. The zero-order valence-electron chi connectivity index (χ0n) is 24.3. The number of allylic oxidation sites excluding steroid dienone is 2. The van der Waals surface area contributed by atoms with Crippen molar-refractivity contribution in [3.05, 3.63) is 133 Å². The lowest BCUT2D eigenvalue weighted by molar-refractivity contribution is -0.111. The van der Waals surface area contributed by atoms with Crippen LogP contribution in [-0.2, 0) is 9.53 Å². The molecule has 0 bridgehead atoms. The Morgan fingerprint density at radius 1 is 0.605 bits per heavy atom. The Kier molecular flexibility index (Phi) is 5.63. The second-order valence-electron chi connectivity index (χ2n) is 11.3. The molecule has 1 aromatic heterocycles. The molecule has 0 saturated heterocycles. The van der Waals surface area contributed by atoms with Crippen LogP contribution >= 0.6 is 0 Å². The molecule has 8 rings (SSSR count). The molecule has 0 N–H and O–H groups in total. The summed E-state index contributed by atoms with van der Waals surface area (Å²) in [5.41, 5.74) is 7.46. The van der Waals surface area contributed by atoms with Crippen molar-refractivity contribution in [3.8, 4) is 16.8 Å². The number of rotatable bonds is 5. The number of para-hydroxylation sites is 2. The third-order valence-electron chi connectivity index (χ3n) is 8.94. The van der Waals surface area contributed by atoms with Gasteiger partial charge in [0, 0.05) is 16.5 Å². The van der Waals surface area contributed by atoms with E-state index in [0.29, 0.717) is 11.3 Å². The number of aromatic nitrogens is 1. The topological polar surface area (TPSA) is 31.2 Å². The summed E-state index contributed by atoms with van der Waals surface area (Å²) >= 11 is 0. The van der Waals surface area contributed by atoms with Gasteiger partial charge in [-0.2, -0.15) is 0 Å². The van der Waals surface area contributed by atoms with Gasteiger partial charge in [0.15, 0.2) is 5.78 Å². The predicted octanol–water partition coefficient (Wildman–Crippen LogP) is 10.3. The van der Waals surface area contributed by atoms with Gasteiger partial charge in [-0.25, -0.2) is 0 Å². The third-order valence-corrected chi connectivity index (χ3v) is 8.94. The molecular weight excluding hydrogens is 526 g/mol. The predicted molar refractivity (Wildman–Crippen MR) is 180 cm³/mol. The molecule has 7 aromatic carbocycles. The number of hydrogen-bond donors (Lipinski definition) is 0. The quantitative estimate of drug-likeness (QED) is 0.120. The molecule has 43 heavy (non-hydrogen) atoms. The molecule has 0 unspecified atom stereocenters. The summed E-state index contributed by atoms with van der Waals surface area (Å²) < 4.78 is 7.90. The molecule has 0 atom stereocenters. The smallest absolute Gasteiger partial charge is 0.163 e. The molecule has 0 aliphatic rings. The van der Waals surface area contributed by atoms with Gasteiger partial charge in [-0.05, 0) is 93.2 Å². The number of nitrogens with zero attached hydrogens (tertiary/aromatic N) is 1. The maximum Gasteiger partial charge on any atom is 0.163 e. The van der Waals surface area contributed by atoms with Crippen LogP contribution in [0.4, 0.5) is 0 Å². The fourth-order valence-electron chi connectivity index (χ4n) is 7.00. The highest BCUT2D eigenvalue weighted by Gasteiger charge is 2.20. The monoisotopic (exact) mass is 555 g/mol. The number of fused-ring (bicyclic) bond motifs is 3. The van der Waals surface area contributed by atoms with Crippen LogP contribution in [0.15, 0.2) is 127 Å². The zero-order chi connectivity index (χ0) is 29.2. The van der Waals surface area contributed by atoms with Crippen LogP contribution in [-0.4, -0.2) is 17.5 Å². The van der Waals surface area contributed by atoms with Crippen molar-refractivity contribution in [3.63, 3.8) is 0 Å². The second kappa shape index (κ2) is 9.57. The number of ketones is 1. The Bertz CT molecular complexity index is 2410.